The molecule has 1 aromatic heterocycles. The van der Waals surface area contributed by atoms with E-state index < -0.39 is 0 Å². The Morgan fingerprint density at radius 3 is 2.29 bits per heavy atom. The van der Waals surface area contributed by atoms with Crippen molar-refractivity contribution in [3.8, 4) is 17.1 Å². The molecule has 184 valence electrons. The maximum Gasteiger partial charge on any atom is 0.241 e. The summed E-state index contributed by atoms with van der Waals surface area (Å²) in [4.78, 5) is 24.5. The Labute approximate surface area is 206 Å². The van der Waals surface area contributed by atoms with Crippen LogP contribution in [0.15, 0.2) is 59.1 Å². The number of piperidine rings is 1. The van der Waals surface area contributed by atoms with Crippen LogP contribution in [0.1, 0.15) is 24.3 Å². The van der Waals surface area contributed by atoms with Gasteiger partial charge in [-0.2, -0.15) is 4.98 Å². The summed E-state index contributed by atoms with van der Waals surface area (Å²) < 4.78 is 10.7. The predicted octanol–water partition coefficient (Wildman–Crippen LogP) is 3.30. The summed E-state index contributed by atoms with van der Waals surface area (Å²) in [5, 5.41) is 4.13. The molecule has 0 N–H and O–H groups in total. The summed E-state index contributed by atoms with van der Waals surface area (Å²) >= 11 is 0. The first kappa shape index (κ1) is 23.5. The number of hydrogen-bond acceptors (Lipinski definition) is 7. The van der Waals surface area contributed by atoms with Crippen molar-refractivity contribution in [3.05, 3.63) is 66.1 Å². The number of carbonyl (C=O) groups excluding carboxylic acids is 1. The van der Waals surface area contributed by atoms with E-state index in [4.69, 9.17) is 9.26 Å². The molecule has 0 radical (unpaired) electrons. The maximum atomic E-state index is 13.1. The van der Waals surface area contributed by atoms with Gasteiger partial charge in [0.15, 0.2) is 0 Å². The molecule has 3 aromatic rings. The highest BCUT2D eigenvalue weighted by Crippen LogP contribution is 2.24. The van der Waals surface area contributed by atoms with Gasteiger partial charge in [-0.1, -0.05) is 35.5 Å². The molecule has 5 rings (SSSR count). The van der Waals surface area contributed by atoms with Gasteiger partial charge in [0.2, 0.25) is 17.6 Å². The molecule has 8 heteroatoms. The van der Waals surface area contributed by atoms with Gasteiger partial charge in [0.25, 0.3) is 0 Å². The average Bonchev–Trinajstić information content (AvgIpc) is 3.38. The summed E-state index contributed by atoms with van der Waals surface area (Å²) in [6.45, 7) is 6.82. The highest BCUT2D eigenvalue weighted by molar-refractivity contribution is 5.79. The lowest BCUT2D eigenvalue weighted by atomic mass is 9.95. The number of carbonyl (C=O) groups is 1. The molecule has 2 fully saturated rings. The lowest BCUT2D eigenvalue weighted by molar-refractivity contribution is -0.139. The van der Waals surface area contributed by atoms with Gasteiger partial charge in [0.05, 0.1) is 13.7 Å². The molecule has 1 amide bonds. The van der Waals surface area contributed by atoms with Crippen LogP contribution in [0.3, 0.4) is 0 Å². The number of piperazine rings is 1. The number of ether oxygens (including phenoxy) is 1. The van der Waals surface area contributed by atoms with Crippen molar-refractivity contribution in [1.29, 1.82) is 0 Å². The molecule has 0 spiro atoms. The van der Waals surface area contributed by atoms with Crippen LogP contribution >= 0.6 is 0 Å². The van der Waals surface area contributed by atoms with E-state index in [-0.39, 0.29) is 5.92 Å². The Hall–Kier alpha value is -3.23. The molecule has 0 atom stereocenters. The van der Waals surface area contributed by atoms with Gasteiger partial charge in [-0.25, -0.2) is 0 Å². The number of aromatic nitrogens is 2. The number of methoxy groups -OCH3 is 1. The first-order valence-electron chi connectivity index (χ1n) is 12.4. The zero-order valence-electron chi connectivity index (χ0n) is 20.3. The number of amides is 1. The van der Waals surface area contributed by atoms with E-state index in [9.17, 15) is 4.79 Å². The van der Waals surface area contributed by atoms with Crippen molar-refractivity contribution >= 4 is 5.91 Å². The van der Waals surface area contributed by atoms with Crippen LogP contribution in [0.2, 0.25) is 0 Å². The van der Waals surface area contributed by atoms with E-state index in [0.717, 1.165) is 70.0 Å². The third kappa shape index (κ3) is 5.89. The zero-order chi connectivity index (χ0) is 24.0. The Morgan fingerprint density at radius 2 is 1.60 bits per heavy atom. The van der Waals surface area contributed by atoms with E-state index >= 15 is 0 Å². The van der Waals surface area contributed by atoms with Gasteiger partial charge in [0, 0.05) is 44.2 Å². The van der Waals surface area contributed by atoms with Gasteiger partial charge in [-0.3, -0.25) is 14.6 Å². The topological polar surface area (TPSA) is 74.9 Å². The van der Waals surface area contributed by atoms with Crippen molar-refractivity contribution in [2.45, 2.75) is 25.9 Å². The van der Waals surface area contributed by atoms with Gasteiger partial charge in [-0.05, 0) is 55.8 Å². The van der Waals surface area contributed by atoms with Crippen LogP contribution in [0.4, 0.5) is 0 Å². The van der Waals surface area contributed by atoms with E-state index in [1.807, 2.05) is 30.3 Å². The molecular formula is C27H33N5O3. The SMILES string of the molecule is COc1ccc(-c2noc(CN3CCC(C(=O)N4CCN(Cc5ccccc5)CC4)CC3)n2)cc1. The summed E-state index contributed by atoms with van der Waals surface area (Å²) in [6, 6.07) is 18.2. The van der Waals surface area contributed by atoms with Crippen LogP contribution in [-0.4, -0.2) is 77.1 Å². The molecule has 3 heterocycles. The average molecular weight is 476 g/mol. The molecule has 0 bridgehead atoms. The smallest absolute Gasteiger partial charge is 0.241 e. The second kappa shape index (κ2) is 11.0. The Balaban J connectivity index is 1.06. The molecule has 2 aliphatic heterocycles. The zero-order valence-corrected chi connectivity index (χ0v) is 20.3. The van der Waals surface area contributed by atoms with Crippen LogP contribution in [0.5, 0.6) is 5.75 Å². The van der Waals surface area contributed by atoms with Crippen LogP contribution in [0, 0.1) is 5.92 Å². The number of likely N-dealkylation sites (tertiary alicyclic amines) is 1. The fraction of sp³-hybridized carbons (Fsp3) is 0.444. The van der Waals surface area contributed by atoms with Gasteiger partial charge < -0.3 is 14.2 Å². The molecule has 2 aromatic carbocycles. The standard InChI is InChI=1S/C27H33N5O3/c1-34-24-9-7-22(8-10-24)26-28-25(35-29-26)20-30-13-11-23(12-14-30)27(33)32-17-15-31(16-18-32)19-21-5-3-2-4-6-21/h2-10,23H,11-20H2,1H3. The van der Waals surface area contributed by atoms with Crippen LogP contribution in [-0.2, 0) is 17.9 Å². The second-order valence-electron chi connectivity index (χ2n) is 9.38. The van der Waals surface area contributed by atoms with E-state index in [0.29, 0.717) is 24.2 Å². The molecule has 0 saturated carbocycles. The van der Waals surface area contributed by atoms with Gasteiger partial charge in [-0.15, -0.1) is 0 Å². The van der Waals surface area contributed by atoms with Crippen molar-refractivity contribution in [2.24, 2.45) is 5.92 Å². The third-order valence-electron chi connectivity index (χ3n) is 7.04. The number of hydrogen-bond donors (Lipinski definition) is 0. The highest BCUT2D eigenvalue weighted by Gasteiger charge is 2.31. The molecule has 2 aliphatic rings. The highest BCUT2D eigenvalue weighted by atomic mass is 16.5. The molecular weight excluding hydrogens is 442 g/mol. The Bertz CT molecular complexity index is 1090. The molecule has 0 unspecified atom stereocenters. The lowest BCUT2D eigenvalue weighted by Crippen LogP contribution is -2.51. The number of rotatable bonds is 7. The first-order chi connectivity index (χ1) is 17.2. The van der Waals surface area contributed by atoms with Gasteiger partial charge >= 0.3 is 0 Å². The fourth-order valence-electron chi connectivity index (χ4n) is 4.93. The minimum Gasteiger partial charge on any atom is -0.497 e. The summed E-state index contributed by atoms with van der Waals surface area (Å²) in [5.41, 5.74) is 2.23. The number of nitrogens with zero attached hydrogens (tertiary/aromatic N) is 5. The second-order valence-corrected chi connectivity index (χ2v) is 9.38. The summed E-state index contributed by atoms with van der Waals surface area (Å²) in [6.07, 6.45) is 1.76. The molecule has 0 aliphatic carbocycles. The monoisotopic (exact) mass is 475 g/mol. The minimum atomic E-state index is 0.115. The fourth-order valence-corrected chi connectivity index (χ4v) is 4.93. The van der Waals surface area contributed by atoms with Crippen molar-refractivity contribution in [1.82, 2.24) is 24.8 Å². The summed E-state index contributed by atoms with van der Waals surface area (Å²) in [7, 11) is 1.64. The van der Waals surface area contributed by atoms with Crippen molar-refractivity contribution in [2.75, 3.05) is 46.4 Å². The lowest BCUT2D eigenvalue weighted by Gasteiger charge is -2.38. The van der Waals surface area contributed by atoms with Crippen LogP contribution in [0.25, 0.3) is 11.4 Å². The Morgan fingerprint density at radius 1 is 0.914 bits per heavy atom. The van der Waals surface area contributed by atoms with Crippen molar-refractivity contribution < 1.29 is 14.1 Å². The minimum absolute atomic E-state index is 0.115. The van der Waals surface area contributed by atoms with E-state index in [1.54, 1.807) is 7.11 Å². The molecule has 35 heavy (non-hydrogen) atoms. The first-order valence-corrected chi connectivity index (χ1v) is 12.4. The quantitative estimate of drug-likeness (QED) is 0.519. The molecule has 2 saturated heterocycles. The Kier molecular flexibility index (Phi) is 7.39. The maximum absolute atomic E-state index is 13.1. The van der Waals surface area contributed by atoms with Gasteiger partial charge in [0.1, 0.15) is 5.75 Å². The van der Waals surface area contributed by atoms with Crippen molar-refractivity contribution in [3.63, 3.8) is 0 Å². The predicted molar refractivity (Wildman–Crippen MR) is 133 cm³/mol. The summed E-state index contributed by atoms with van der Waals surface area (Å²) in [5.74, 6) is 2.42. The van der Waals surface area contributed by atoms with Crippen LogP contribution < -0.4 is 4.74 Å². The normalized spacial score (nSPS) is 18.0. The van der Waals surface area contributed by atoms with E-state index in [1.165, 1.54) is 5.56 Å². The number of benzene rings is 2. The third-order valence-corrected chi connectivity index (χ3v) is 7.04. The molecule has 8 nitrogen and oxygen atoms in total. The van der Waals surface area contributed by atoms with E-state index in [2.05, 4.69) is 49.1 Å². The largest absolute Gasteiger partial charge is 0.497 e.